The Kier molecular flexibility index (Phi) is 7.47. The molecule has 2 unspecified atom stereocenters. The molecule has 1 heterocycles. The second kappa shape index (κ2) is 7.71. The van der Waals surface area contributed by atoms with Crippen LogP contribution in [0.4, 0.5) is 5.82 Å². The van der Waals surface area contributed by atoms with E-state index in [2.05, 4.69) is 10.3 Å². The number of halogens is 2. The largest absolute Gasteiger partial charge is 0.366 e. The normalized spacial score (nSPS) is 23.8. The summed E-state index contributed by atoms with van der Waals surface area (Å²) in [4.78, 5) is 4.24. The molecule has 1 saturated carbocycles. The molecule has 3 nitrogen and oxygen atoms in total. The lowest BCUT2D eigenvalue weighted by Gasteiger charge is -2.29. The number of aromatic nitrogens is 1. The molecule has 0 amide bonds. The van der Waals surface area contributed by atoms with E-state index in [1.807, 2.05) is 18.2 Å². The van der Waals surface area contributed by atoms with Crippen molar-refractivity contribution < 1.29 is 0 Å². The first-order chi connectivity index (χ1) is 6.86. The van der Waals surface area contributed by atoms with E-state index in [0.29, 0.717) is 6.04 Å². The van der Waals surface area contributed by atoms with Crippen LogP contribution in [0.1, 0.15) is 25.7 Å². The molecular weight excluding hydrogens is 245 g/mol. The van der Waals surface area contributed by atoms with Crippen molar-refractivity contribution in [1.29, 1.82) is 0 Å². The number of rotatable bonds is 2. The average molecular weight is 264 g/mol. The lowest BCUT2D eigenvalue weighted by Crippen LogP contribution is -2.42. The van der Waals surface area contributed by atoms with E-state index in [-0.39, 0.29) is 30.9 Å². The van der Waals surface area contributed by atoms with Crippen LogP contribution in [-0.2, 0) is 0 Å². The molecule has 0 radical (unpaired) electrons. The number of pyridine rings is 1. The predicted molar refractivity (Wildman–Crippen MR) is 72.6 cm³/mol. The molecule has 0 aromatic carbocycles. The first kappa shape index (κ1) is 15.5. The molecule has 1 aliphatic rings. The molecule has 1 aromatic rings. The zero-order valence-electron chi connectivity index (χ0n) is 9.13. The van der Waals surface area contributed by atoms with Crippen LogP contribution in [-0.4, -0.2) is 17.1 Å². The fourth-order valence-electron chi connectivity index (χ4n) is 1.98. The van der Waals surface area contributed by atoms with Crippen molar-refractivity contribution in [3.8, 4) is 0 Å². The maximum atomic E-state index is 6.04. The standard InChI is InChI=1S/C11H17N3.2ClH/c12-9-5-1-2-6-10(9)14-11-7-3-4-8-13-11;;/h3-4,7-10H,1-2,5-6,12H2,(H,13,14);2*1H. The maximum Gasteiger partial charge on any atom is 0.126 e. The first-order valence-electron chi connectivity index (χ1n) is 5.29. The van der Waals surface area contributed by atoms with Crippen LogP contribution in [0, 0.1) is 0 Å². The van der Waals surface area contributed by atoms with Crippen molar-refractivity contribution in [3.05, 3.63) is 24.4 Å². The summed E-state index contributed by atoms with van der Waals surface area (Å²) in [6.45, 7) is 0. The molecule has 0 saturated heterocycles. The van der Waals surface area contributed by atoms with Crippen LogP contribution >= 0.6 is 24.8 Å². The van der Waals surface area contributed by atoms with Crippen LogP contribution in [0.25, 0.3) is 0 Å². The van der Waals surface area contributed by atoms with Crippen molar-refractivity contribution in [2.75, 3.05) is 5.32 Å². The van der Waals surface area contributed by atoms with E-state index in [1.54, 1.807) is 6.20 Å². The zero-order valence-corrected chi connectivity index (χ0v) is 10.8. The summed E-state index contributed by atoms with van der Waals surface area (Å²) in [6, 6.07) is 6.58. The Morgan fingerprint density at radius 1 is 1.19 bits per heavy atom. The minimum Gasteiger partial charge on any atom is -0.366 e. The number of hydrogen-bond donors (Lipinski definition) is 2. The van der Waals surface area contributed by atoms with Gasteiger partial charge in [0.05, 0.1) is 0 Å². The number of hydrogen-bond acceptors (Lipinski definition) is 3. The third kappa shape index (κ3) is 4.16. The smallest absolute Gasteiger partial charge is 0.126 e. The monoisotopic (exact) mass is 263 g/mol. The van der Waals surface area contributed by atoms with E-state index in [1.165, 1.54) is 12.8 Å². The van der Waals surface area contributed by atoms with Gasteiger partial charge in [0, 0.05) is 18.3 Å². The van der Waals surface area contributed by atoms with Crippen molar-refractivity contribution in [2.45, 2.75) is 37.8 Å². The number of nitrogens with zero attached hydrogens (tertiary/aromatic N) is 1. The molecule has 0 aliphatic heterocycles. The minimum absolute atomic E-state index is 0. The number of anilines is 1. The van der Waals surface area contributed by atoms with Gasteiger partial charge in [-0.3, -0.25) is 0 Å². The molecular formula is C11H19Cl2N3. The van der Waals surface area contributed by atoms with Gasteiger partial charge in [-0.25, -0.2) is 4.98 Å². The first-order valence-corrected chi connectivity index (χ1v) is 5.29. The second-order valence-electron chi connectivity index (χ2n) is 3.91. The molecule has 1 aromatic heterocycles. The summed E-state index contributed by atoms with van der Waals surface area (Å²) in [5.74, 6) is 0.940. The summed E-state index contributed by atoms with van der Waals surface area (Å²) in [7, 11) is 0. The zero-order chi connectivity index (χ0) is 9.80. The Balaban J connectivity index is 0.00000112. The molecule has 3 N–H and O–H groups in total. The number of nitrogens with one attached hydrogen (secondary N) is 1. The molecule has 5 heteroatoms. The highest BCUT2D eigenvalue weighted by Gasteiger charge is 2.21. The van der Waals surface area contributed by atoms with Crippen LogP contribution in [0.15, 0.2) is 24.4 Å². The van der Waals surface area contributed by atoms with Gasteiger partial charge in [-0.2, -0.15) is 0 Å². The summed E-state index contributed by atoms with van der Waals surface area (Å²) < 4.78 is 0. The molecule has 1 aliphatic carbocycles. The summed E-state index contributed by atoms with van der Waals surface area (Å²) in [5.41, 5.74) is 6.04. The van der Waals surface area contributed by atoms with Gasteiger partial charge in [-0.15, -0.1) is 24.8 Å². The van der Waals surface area contributed by atoms with E-state index < -0.39 is 0 Å². The predicted octanol–water partition coefficient (Wildman–Crippen LogP) is 2.61. The second-order valence-corrected chi connectivity index (χ2v) is 3.91. The third-order valence-corrected chi connectivity index (χ3v) is 2.82. The Morgan fingerprint density at radius 2 is 1.94 bits per heavy atom. The molecule has 0 bridgehead atoms. The fourth-order valence-corrected chi connectivity index (χ4v) is 1.98. The topological polar surface area (TPSA) is 50.9 Å². The van der Waals surface area contributed by atoms with Gasteiger partial charge in [0.1, 0.15) is 5.82 Å². The molecule has 2 atom stereocenters. The van der Waals surface area contributed by atoms with E-state index in [0.717, 1.165) is 18.7 Å². The van der Waals surface area contributed by atoms with Crippen molar-refractivity contribution in [1.82, 2.24) is 4.98 Å². The minimum atomic E-state index is 0. The fraction of sp³-hybridized carbons (Fsp3) is 0.545. The molecule has 92 valence electrons. The van der Waals surface area contributed by atoms with E-state index in [9.17, 15) is 0 Å². The number of nitrogens with two attached hydrogens (primary N) is 1. The molecule has 0 spiro atoms. The SMILES string of the molecule is Cl.Cl.NC1CCCCC1Nc1ccccn1. The quantitative estimate of drug-likeness (QED) is 0.863. The third-order valence-electron chi connectivity index (χ3n) is 2.82. The van der Waals surface area contributed by atoms with Crippen LogP contribution in [0.3, 0.4) is 0 Å². The lowest BCUT2D eigenvalue weighted by atomic mass is 9.91. The Bertz CT molecular complexity index is 282. The van der Waals surface area contributed by atoms with E-state index in [4.69, 9.17) is 5.73 Å². The molecule has 1 fully saturated rings. The van der Waals surface area contributed by atoms with E-state index >= 15 is 0 Å². The van der Waals surface area contributed by atoms with Gasteiger partial charge < -0.3 is 11.1 Å². The van der Waals surface area contributed by atoms with Gasteiger partial charge in [0.2, 0.25) is 0 Å². The van der Waals surface area contributed by atoms with Gasteiger partial charge >= 0.3 is 0 Å². The maximum absolute atomic E-state index is 6.04. The molecule has 16 heavy (non-hydrogen) atoms. The van der Waals surface area contributed by atoms with Crippen LogP contribution in [0.2, 0.25) is 0 Å². The highest BCUT2D eigenvalue weighted by molar-refractivity contribution is 5.85. The van der Waals surface area contributed by atoms with Crippen molar-refractivity contribution in [3.63, 3.8) is 0 Å². The van der Waals surface area contributed by atoms with Gasteiger partial charge in [-0.05, 0) is 25.0 Å². The highest BCUT2D eigenvalue weighted by Crippen LogP contribution is 2.19. The van der Waals surface area contributed by atoms with Gasteiger partial charge in [-0.1, -0.05) is 18.9 Å². The lowest BCUT2D eigenvalue weighted by molar-refractivity contribution is 0.403. The van der Waals surface area contributed by atoms with Crippen molar-refractivity contribution >= 4 is 30.6 Å². The average Bonchev–Trinajstić information content (AvgIpc) is 2.23. The Labute approximate surface area is 109 Å². The van der Waals surface area contributed by atoms with Gasteiger partial charge in [0.25, 0.3) is 0 Å². The summed E-state index contributed by atoms with van der Waals surface area (Å²) in [6.07, 6.45) is 6.64. The molecule has 2 rings (SSSR count). The Morgan fingerprint density at radius 3 is 2.56 bits per heavy atom. The van der Waals surface area contributed by atoms with Crippen LogP contribution < -0.4 is 11.1 Å². The summed E-state index contributed by atoms with van der Waals surface area (Å²) >= 11 is 0. The van der Waals surface area contributed by atoms with Gasteiger partial charge in [0.15, 0.2) is 0 Å². The highest BCUT2D eigenvalue weighted by atomic mass is 35.5. The van der Waals surface area contributed by atoms with Crippen LogP contribution in [0.5, 0.6) is 0 Å². The Hall–Kier alpha value is -0.510. The summed E-state index contributed by atoms with van der Waals surface area (Å²) in [5, 5.41) is 3.39. The van der Waals surface area contributed by atoms with Crippen molar-refractivity contribution in [2.24, 2.45) is 5.73 Å².